The molecule has 0 heterocycles. The second-order valence-electron chi connectivity index (χ2n) is 4.58. The number of aliphatic hydroxyl groups is 1. The first-order valence-corrected chi connectivity index (χ1v) is 4.84. The van der Waals surface area contributed by atoms with Crippen molar-refractivity contribution in [2.45, 2.75) is 32.3 Å². The van der Waals surface area contributed by atoms with Crippen LogP contribution < -0.4 is 0 Å². The Balaban J connectivity index is 3.24. The number of carboxylic acids is 1. The Kier molecular flexibility index (Phi) is 3.15. The minimum absolute atomic E-state index is 0.174. The molecule has 15 heavy (non-hydrogen) atoms. The summed E-state index contributed by atoms with van der Waals surface area (Å²) in [7, 11) is 0. The lowest BCUT2D eigenvalue weighted by atomic mass is 9.82. The molecular weight excluding hydrogens is 192 g/mol. The molecule has 1 atom stereocenters. The number of aliphatic carboxylic acids is 1. The van der Waals surface area contributed by atoms with Crippen molar-refractivity contribution in [3.8, 4) is 0 Å². The lowest BCUT2D eigenvalue weighted by Crippen LogP contribution is -2.19. The van der Waals surface area contributed by atoms with E-state index in [0.717, 1.165) is 5.56 Å². The Bertz CT molecular complexity index is 363. The maximum atomic E-state index is 10.7. The van der Waals surface area contributed by atoms with E-state index in [-0.39, 0.29) is 5.41 Å². The Morgan fingerprint density at radius 3 is 2.27 bits per heavy atom. The van der Waals surface area contributed by atoms with E-state index in [1.54, 1.807) is 12.1 Å². The first-order chi connectivity index (χ1) is 6.84. The molecule has 0 aromatic heterocycles. The van der Waals surface area contributed by atoms with Crippen molar-refractivity contribution in [2.75, 3.05) is 0 Å². The van der Waals surface area contributed by atoms with Gasteiger partial charge in [0.25, 0.3) is 0 Å². The lowest BCUT2D eigenvalue weighted by molar-refractivity contribution is -0.147. The van der Waals surface area contributed by atoms with Crippen molar-refractivity contribution in [2.24, 2.45) is 0 Å². The molecule has 0 aliphatic carbocycles. The third kappa shape index (κ3) is 2.57. The molecule has 0 saturated carbocycles. The quantitative estimate of drug-likeness (QED) is 0.782. The molecule has 0 fully saturated rings. The van der Waals surface area contributed by atoms with Gasteiger partial charge in [-0.15, -0.1) is 0 Å². The normalized spacial score (nSPS) is 13.6. The van der Waals surface area contributed by atoms with Crippen molar-refractivity contribution >= 4 is 5.97 Å². The van der Waals surface area contributed by atoms with Crippen LogP contribution in [0.1, 0.15) is 38.0 Å². The van der Waals surface area contributed by atoms with Crippen molar-refractivity contribution < 1.29 is 15.0 Å². The number of hydrogen-bond donors (Lipinski definition) is 2. The Hall–Kier alpha value is -1.35. The number of carboxylic acid groups (broad SMARTS) is 1. The summed E-state index contributed by atoms with van der Waals surface area (Å²) < 4.78 is 0. The van der Waals surface area contributed by atoms with Gasteiger partial charge in [0, 0.05) is 0 Å². The van der Waals surface area contributed by atoms with Gasteiger partial charge in [0.2, 0.25) is 0 Å². The summed E-state index contributed by atoms with van der Waals surface area (Å²) in [5, 5.41) is 18.3. The maximum absolute atomic E-state index is 10.7. The van der Waals surface area contributed by atoms with Crippen molar-refractivity contribution in [3.63, 3.8) is 0 Å². The minimum Gasteiger partial charge on any atom is -0.479 e. The molecule has 0 bridgehead atoms. The molecule has 0 spiro atoms. The molecule has 2 N–H and O–H groups in total. The summed E-state index contributed by atoms with van der Waals surface area (Å²) >= 11 is 0. The van der Waals surface area contributed by atoms with Crippen LogP contribution >= 0.6 is 0 Å². The summed E-state index contributed by atoms with van der Waals surface area (Å²) in [6.45, 7) is 5.96. The summed E-state index contributed by atoms with van der Waals surface area (Å²) in [6, 6.07) is 7.08. The average Bonchev–Trinajstić information content (AvgIpc) is 2.15. The van der Waals surface area contributed by atoms with Gasteiger partial charge >= 0.3 is 5.97 Å². The highest BCUT2D eigenvalue weighted by molar-refractivity contribution is 5.74. The van der Waals surface area contributed by atoms with Crippen LogP contribution in [0, 0.1) is 0 Å². The summed E-state index contributed by atoms with van der Waals surface area (Å²) in [6.07, 6.45) is -1.44. The zero-order valence-corrected chi connectivity index (χ0v) is 9.19. The number of rotatable bonds is 2. The molecule has 0 aliphatic rings. The van der Waals surface area contributed by atoms with Crippen LogP contribution in [-0.2, 0) is 10.2 Å². The molecule has 1 rings (SSSR count). The van der Waals surface area contributed by atoms with Crippen LogP contribution in [0.5, 0.6) is 0 Å². The van der Waals surface area contributed by atoms with E-state index in [4.69, 9.17) is 5.11 Å². The monoisotopic (exact) mass is 208 g/mol. The van der Waals surface area contributed by atoms with E-state index in [1.807, 2.05) is 32.9 Å². The Labute approximate surface area is 89.4 Å². The van der Waals surface area contributed by atoms with E-state index in [2.05, 4.69) is 0 Å². The molecule has 1 unspecified atom stereocenters. The van der Waals surface area contributed by atoms with Crippen LogP contribution in [0.3, 0.4) is 0 Å². The second-order valence-corrected chi connectivity index (χ2v) is 4.58. The van der Waals surface area contributed by atoms with E-state index in [9.17, 15) is 9.90 Å². The predicted molar refractivity (Wildman–Crippen MR) is 57.7 cm³/mol. The number of aliphatic hydroxyl groups excluding tert-OH is 1. The van der Waals surface area contributed by atoms with Gasteiger partial charge in [0.05, 0.1) is 0 Å². The van der Waals surface area contributed by atoms with Crippen LogP contribution in [0.25, 0.3) is 0 Å². The molecule has 0 saturated heterocycles. The van der Waals surface area contributed by atoms with Gasteiger partial charge in [-0.05, 0) is 16.5 Å². The van der Waals surface area contributed by atoms with Gasteiger partial charge < -0.3 is 10.2 Å². The molecular formula is C12H16O3. The second kappa shape index (κ2) is 4.03. The third-order valence-corrected chi connectivity index (χ3v) is 2.30. The van der Waals surface area contributed by atoms with Crippen molar-refractivity contribution in [1.82, 2.24) is 0 Å². The molecule has 0 amide bonds. The van der Waals surface area contributed by atoms with Gasteiger partial charge in [0.1, 0.15) is 0 Å². The first-order valence-electron chi connectivity index (χ1n) is 4.84. The SMILES string of the molecule is CC(C)(C)c1ccccc1C(O)C(=O)O. The zero-order valence-electron chi connectivity index (χ0n) is 9.19. The number of carbonyl (C=O) groups is 1. The molecule has 1 aromatic carbocycles. The molecule has 1 aromatic rings. The standard InChI is InChI=1S/C12H16O3/c1-12(2,3)9-7-5-4-6-8(9)10(13)11(14)15/h4-7,10,13H,1-3H3,(H,14,15). The fourth-order valence-electron chi connectivity index (χ4n) is 1.55. The Morgan fingerprint density at radius 1 is 1.27 bits per heavy atom. The van der Waals surface area contributed by atoms with Crippen LogP contribution in [0.4, 0.5) is 0 Å². The van der Waals surface area contributed by atoms with Crippen LogP contribution in [0.15, 0.2) is 24.3 Å². The Morgan fingerprint density at radius 2 is 1.80 bits per heavy atom. The third-order valence-electron chi connectivity index (χ3n) is 2.30. The number of hydrogen-bond acceptors (Lipinski definition) is 2. The minimum atomic E-state index is -1.44. The van der Waals surface area contributed by atoms with Crippen molar-refractivity contribution in [1.29, 1.82) is 0 Å². The van der Waals surface area contributed by atoms with Crippen LogP contribution in [-0.4, -0.2) is 16.2 Å². The van der Waals surface area contributed by atoms with Gasteiger partial charge in [-0.2, -0.15) is 0 Å². The average molecular weight is 208 g/mol. The highest BCUT2D eigenvalue weighted by Crippen LogP contribution is 2.29. The highest BCUT2D eigenvalue weighted by Gasteiger charge is 2.24. The smallest absolute Gasteiger partial charge is 0.337 e. The molecule has 0 radical (unpaired) electrons. The topological polar surface area (TPSA) is 57.5 Å². The fourth-order valence-corrected chi connectivity index (χ4v) is 1.55. The zero-order chi connectivity index (χ0) is 11.6. The summed E-state index contributed by atoms with van der Waals surface area (Å²) in [5.74, 6) is -1.22. The molecule has 82 valence electrons. The summed E-state index contributed by atoms with van der Waals surface area (Å²) in [5.41, 5.74) is 1.16. The predicted octanol–water partition coefficient (Wildman–Crippen LogP) is 2.10. The first kappa shape index (κ1) is 11.7. The van der Waals surface area contributed by atoms with E-state index in [1.165, 1.54) is 0 Å². The fraction of sp³-hybridized carbons (Fsp3) is 0.417. The molecule has 0 aliphatic heterocycles. The van der Waals surface area contributed by atoms with Gasteiger partial charge in [-0.25, -0.2) is 4.79 Å². The highest BCUT2D eigenvalue weighted by atomic mass is 16.4. The van der Waals surface area contributed by atoms with Gasteiger partial charge in [-0.3, -0.25) is 0 Å². The molecule has 3 nitrogen and oxygen atoms in total. The van der Waals surface area contributed by atoms with Gasteiger partial charge in [0.15, 0.2) is 6.10 Å². The van der Waals surface area contributed by atoms with Crippen LogP contribution in [0.2, 0.25) is 0 Å². The van der Waals surface area contributed by atoms with Crippen molar-refractivity contribution in [3.05, 3.63) is 35.4 Å². The summed E-state index contributed by atoms with van der Waals surface area (Å²) in [4.78, 5) is 10.7. The maximum Gasteiger partial charge on any atom is 0.337 e. The number of benzene rings is 1. The van der Waals surface area contributed by atoms with E-state index < -0.39 is 12.1 Å². The van der Waals surface area contributed by atoms with E-state index >= 15 is 0 Å². The molecule has 3 heteroatoms. The lowest BCUT2D eigenvalue weighted by Gasteiger charge is -2.23. The van der Waals surface area contributed by atoms with E-state index in [0.29, 0.717) is 5.56 Å². The largest absolute Gasteiger partial charge is 0.479 e. The van der Waals surface area contributed by atoms with Gasteiger partial charge in [-0.1, -0.05) is 45.0 Å².